The Labute approximate surface area is 171 Å². The normalized spacial score (nSPS) is 10.7. The number of carbonyl (C=O) groups excluding carboxylic acids is 1. The summed E-state index contributed by atoms with van der Waals surface area (Å²) in [4.78, 5) is 12.8. The summed E-state index contributed by atoms with van der Waals surface area (Å²) in [7, 11) is 0. The third-order valence-electron chi connectivity index (χ3n) is 4.19. The van der Waals surface area contributed by atoms with Gasteiger partial charge < -0.3 is 5.32 Å². The predicted molar refractivity (Wildman–Crippen MR) is 113 cm³/mol. The Morgan fingerprint density at radius 1 is 0.923 bits per heavy atom. The molecule has 2 nitrogen and oxygen atoms in total. The molecule has 3 aromatic carbocycles. The number of hydrogen-bond acceptors (Lipinski definition) is 2. The van der Waals surface area contributed by atoms with Crippen molar-refractivity contribution in [3.8, 4) is 0 Å². The second kappa shape index (κ2) is 7.83. The smallest absolute Gasteiger partial charge is 0.194 e. The van der Waals surface area contributed by atoms with Crippen molar-refractivity contribution in [1.82, 2.24) is 0 Å². The van der Waals surface area contributed by atoms with Crippen molar-refractivity contribution in [3.63, 3.8) is 0 Å². The maximum Gasteiger partial charge on any atom is 0.194 e. The topological polar surface area (TPSA) is 29.1 Å². The van der Waals surface area contributed by atoms with Gasteiger partial charge in [-0.1, -0.05) is 51.3 Å². The van der Waals surface area contributed by atoms with E-state index in [4.69, 9.17) is 23.2 Å². The number of nitrogens with one attached hydrogen (secondary N) is 1. The minimum absolute atomic E-state index is 0.138. The molecule has 0 aliphatic rings. The van der Waals surface area contributed by atoms with E-state index in [-0.39, 0.29) is 5.78 Å². The molecule has 0 unspecified atom stereocenters. The first kappa shape index (κ1) is 19.0. The lowest BCUT2D eigenvalue weighted by Crippen LogP contribution is -2.05. The summed E-state index contributed by atoms with van der Waals surface area (Å²) in [6, 6.07) is 16.6. The van der Waals surface area contributed by atoms with E-state index in [2.05, 4.69) is 21.2 Å². The van der Waals surface area contributed by atoms with Crippen molar-refractivity contribution in [2.45, 2.75) is 13.8 Å². The summed E-state index contributed by atoms with van der Waals surface area (Å²) < 4.78 is 1.02. The molecule has 0 spiro atoms. The van der Waals surface area contributed by atoms with Gasteiger partial charge >= 0.3 is 0 Å². The van der Waals surface area contributed by atoms with E-state index in [0.29, 0.717) is 21.2 Å². The van der Waals surface area contributed by atoms with Crippen molar-refractivity contribution in [1.29, 1.82) is 0 Å². The van der Waals surface area contributed by atoms with E-state index < -0.39 is 0 Å². The maximum atomic E-state index is 12.8. The zero-order valence-corrected chi connectivity index (χ0v) is 17.3. The van der Waals surface area contributed by atoms with Gasteiger partial charge in [0.25, 0.3) is 0 Å². The van der Waals surface area contributed by atoms with Crippen molar-refractivity contribution in [2.75, 3.05) is 5.32 Å². The number of rotatable bonds is 4. The van der Waals surface area contributed by atoms with E-state index in [1.807, 2.05) is 38.1 Å². The molecule has 3 aromatic rings. The highest BCUT2D eigenvalue weighted by molar-refractivity contribution is 9.10. The molecular weight excluding hydrogens is 433 g/mol. The summed E-state index contributed by atoms with van der Waals surface area (Å²) in [6.07, 6.45) is 0. The van der Waals surface area contributed by atoms with Gasteiger partial charge in [-0.05, 0) is 67.4 Å². The molecule has 3 rings (SSSR count). The molecule has 1 N–H and O–H groups in total. The third kappa shape index (κ3) is 3.96. The number of ketones is 1. The predicted octanol–water partition coefficient (Wildman–Crippen LogP) is 7.35. The van der Waals surface area contributed by atoms with Gasteiger partial charge in [-0.3, -0.25) is 4.79 Å². The van der Waals surface area contributed by atoms with Crippen LogP contribution in [0.1, 0.15) is 27.0 Å². The van der Waals surface area contributed by atoms with E-state index >= 15 is 0 Å². The fourth-order valence-corrected chi connectivity index (χ4v) is 3.61. The van der Waals surface area contributed by atoms with Crippen LogP contribution in [-0.2, 0) is 0 Å². The van der Waals surface area contributed by atoms with Gasteiger partial charge in [0.1, 0.15) is 0 Å². The Hall–Kier alpha value is -1.81. The van der Waals surface area contributed by atoms with Gasteiger partial charge in [0.2, 0.25) is 0 Å². The van der Waals surface area contributed by atoms with Crippen LogP contribution in [0.2, 0.25) is 10.0 Å². The van der Waals surface area contributed by atoms with Gasteiger partial charge in [-0.25, -0.2) is 0 Å². The molecular formula is C21H16BrCl2NO. The Balaban J connectivity index is 1.90. The minimum Gasteiger partial charge on any atom is -0.355 e. The number of anilines is 2. The highest BCUT2D eigenvalue weighted by Gasteiger charge is 2.16. The molecule has 0 atom stereocenters. The minimum atomic E-state index is -0.138. The van der Waals surface area contributed by atoms with Crippen LogP contribution in [0, 0.1) is 13.8 Å². The molecule has 0 saturated heterocycles. The van der Waals surface area contributed by atoms with Crippen molar-refractivity contribution >= 4 is 56.3 Å². The zero-order valence-electron chi connectivity index (χ0n) is 14.2. The molecule has 0 heterocycles. The molecule has 5 heteroatoms. The molecule has 0 aliphatic carbocycles. The SMILES string of the molecule is Cc1cc(Br)ccc1Nc1ccc(C(=O)c2cccc(Cl)c2C)c(Cl)c1. The van der Waals surface area contributed by atoms with Crippen LogP contribution < -0.4 is 5.32 Å². The number of hydrogen-bond donors (Lipinski definition) is 1. The summed E-state index contributed by atoms with van der Waals surface area (Å²) in [5.41, 5.74) is 4.67. The standard InChI is InChI=1S/C21H16BrCl2NO/c1-12-10-14(22)6-9-20(12)25-15-7-8-17(19(24)11-15)21(26)16-4-3-5-18(23)13(16)2/h3-11,25H,1-2H3. The lowest BCUT2D eigenvalue weighted by molar-refractivity contribution is 0.103. The monoisotopic (exact) mass is 447 g/mol. The van der Waals surface area contributed by atoms with Gasteiger partial charge in [-0.15, -0.1) is 0 Å². The van der Waals surface area contributed by atoms with Crippen LogP contribution in [0.3, 0.4) is 0 Å². The van der Waals surface area contributed by atoms with Crippen LogP contribution in [0.25, 0.3) is 0 Å². The number of halogens is 3. The van der Waals surface area contributed by atoms with Crippen molar-refractivity contribution < 1.29 is 4.79 Å². The van der Waals surface area contributed by atoms with Crippen LogP contribution >= 0.6 is 39.1 Å². The summed E-state index contributed by atoms with van der Waals surface area (Å²) in [6.45, 7) is 3.85. The summed E-state index contributed by atoms with van der Waals surface area (Å²) in [5.74, 6) is -0.138. The average molecular weight is 449 g/mol. The lowest BCUT2D eigenvalue weighted by Gasteiger charge is -2.12. The van der Waals surface area contributed by atoms with E-state index in [0.717, 1.165) is 27.0 Å². The quantitative estimate of drug-likeness (QED) is 0.422. The zero-order chi connectivity index (χ0) is 18.8. The second-order valence-electron chi connectivity index (χ2n) is 6.02. The van der Waals surface area contributed by atoms with Crippen LogP contribution in [0.15, 0.2) is 59.1 Å². The number of aryl methyl sites for hydroxylation is 1. The maximum absolute atomic E-state index is 12.8. The van der Waals surface area contributed by atoms with Crippen molar-refractivity contribution in [3.05, 3.63) is 91.4 Å². The van der Waals surface area contributed by atoms with Gasteiger partial charge in [0, 0.05) is 32.0 Å². The second-order valence-corrected chi connectivity index (χ2v) is 7.75. The van der Waals surface area contributed by atoms with Crippen molar-refractivity contribution in [2.24, 2.45) is 0 Å². The summed E-state index contributed by atoms with van der Waals surface area (Å²) >= 11 is 16.0. The molecule has 0 aliphatic heterocycles. The van der Waals surface area contributed by atoms with Crippen LogP contribution in [0.5, 0.6) is 0 Å². The van der Waals surface area contributed by atoms with Gasteiger partial charge in [-0.2, -0.15) is 0 Å². The average Bonchev–Trinajstić information content (AvgIpc) is 2.59. The Bertz CT molecular complexity index is 1000. The molecule has 0 saturated carbocycles. The fraction of sp³-hybridized carbons (Fsp3) is 0.0952. The molecule has 0 radical (unpaired) electrons. The fourth-order valence-electron chi connectivity index (χ4n) is 2.70. The van der Waals surface area contributed by atoms with E-state index in [1.54, 1.807) is 30.3 Å². The molecule has 0 amide bonds. The Kier molecular flexibility index (Phi) is 5.71. The van der Waals surface area contributed by atoms with E-state index in [1.165, 1.54) is 0 Å². The first-order chi connectivity index (χ1) is 12.4. The Morgan fingerprint density at radius 2 is 1.69 bits per heavy atom. The van der Waals surface area contributed by atoms with Crippen LogP contribution in [-0.4, -0.2) is 5.78 Å². The molecule has 0 fully saturated rings. The first-order valence-electron chi connectivity index (χ1n) is 7.99. The number of benzene rings is 3. The van der Waals surface area contributed by atoms with Gasteiger partial charge in [0.15, 0.2) is 5.78 Å². The van der Waals surface area contributed by atoms with Gasteiger partial charge in [0.05, 0.1) is 5.02 Å². The van der Waals surface area contributed by atoms with E-state index in [9.17, 15) is 4.79 Å². The third-order valence-corrected chi connectivity index (χ3v) is 5.41. The first-order valence-corrected chi connectivity index (χ1v) is 9.54. The molecule has 0 aromatic heterocycles. The summed E-state index contributed by atoms with van der Waals surface area (Å²) in [5, 5.41) is 4.29. The largest absolute Gasteiger partial charge is 0.355 e. The van der Waals surface area contributed by atoms with Crippen LogP contribution in [0.4, 0.5) is 11.4 Å². The molecule has 132 valence electrons. The Morgan fingerprint density at radius 3 is 2.38 bits per heavy atom. The highest BCUT2D eigenvalue weighted by Crippen LogP contribution is 2.29. The lowest BCUT2D eigenvalue weighted by atomic mass is 9.99. The molecule has 26 heavy (non-hydrogen) atoms. The molecule has 0 bridgehead atoms. The number of carbonyl (C=O) groups is 1. The highest BCUT2D eigenvalue weighted by atomic mass is 79.9.